The van der Waals surface area contributed by atoms with Crippen LogP contribution >= 0.6 is 0 Å². The van der Waals surface area contributed by atoms with E-state index in [1.165, 1.54) is 24.5 Å². The summed E-state index contributed by atoms with van der Waals surface area (Å²) < 4.78 is 38.0. The molecule has 0 saturated carbocycles. The number of carbonyl (C=O) groups is 1. The van der Waals surface area contributed by atoms with Gasteiger partial charge in [0.05, 0.1) is 29.4 Å². The van der Waals surface area contributed by atoms with E-state index in [4.69, 9.17) is 9.47 Å². The number of hydrogen-bond donors (Lipinski definition) is 1. The molecule has 1 aromatic carbocycles. The molecule has 29 heavy (non-hydrogen) atoms. The standard InChI is InChI=1S/C19H23N3O6S/c1-2-27-10-3-11-28-14-4-6-15(7-5-14)29(25,26)22-13-17-16(20-8-9-21-17)12-18(22)19(23)24/h4-9,18H,2-3,10-13H2,1H3,(H,23,24). The molecule has 156 valence electrons. The van der Waals surface area contributed by atoms with E-state index in [-0.39, 0.29) is 17.9 Å². The summed E-state index contributed by atoms with van der Waals surface area (Å²) in [6.07, 6.45) is 3.62. The van der Waals surface area contributed by atoms with Crippen LogP contribution in [-0.4, -0.2) is 59.6 Å². The molecule has 9 nitrogen and oxygen atoms in total. The maximum absolute atomic E-state index is 13.1. The van der Waals surface area contributed by atoms with E-state index < -0.39 is 22.0 Å². The third-order valence-electron chi connectivity index (χ3n) is 4.52. The molecule has 1 aromatic heterocycles. The minimum absolute atomic E-state index is 0.00208. The molecule has 0 bridgehead atoms. The normalized spacial score (nSPS) is 16.9. The van der Waals surface area contributed by atoms with Crippen molar-refractivity contribution in [2.24, 2.45) is 0 Å². The highest BCUT2D eigenvalue weighted by atomic mass is 32.2. The highest BCUT2D eigenvalue weighted by Crippen LogP contribution is 2.28. The van der Waals surface area contributed by atoms with E-state index in [1.807, 2.05) is 6.92 Å². The number of sulfonamides is 1. The van der Waals surface area contributed by atoms with Crippen molar-refractivity contribution in [2.45, 2.75) is 37.2 Å². The van der Waals surface area contributed by atoms with Crippen LogP contribution in [0.4, 0.5) is 0 Å². The summed E-state index contributed by atoms with van der Waals surface area (Å²) in [6.45, 7) is 3.48. The first-order valence-corrected chi connectivity index (χ1v) is 10.7. The lowest BCUT2D eigenvalue weighted by Crippen LogP contribution is -2.49. The Balaban J connectivity index is 1.76. The van der Waals surface area contributed by atoms with Gasteiger partial charge in [0.25, 0.3) is 0 Å². The van der Waals surface area contributed by atoms with Gasteiger partial charge >= 0.3 is 5.97 Å². The number of fused-ring (bicyclic) bond motifs is 1. The molecule has 0 spiro atoms. The highest BCUT2D eigenvalue weighted by molar-refractivity contribution is 7.89. The summed E-state index contributed by atoms with van der Waals surface area (Å²) >= 11 is 0. The van der Waals surface area contributed by atoms with Gasteiger partial charge in [0, 0.05) is 38.4 Å². The topological polar surface area (TPSA) is 119 Å². The van der Waals surface area contributed by atoms with Crippen molar-refractivity contribution in [1.29, 1.82) is 0 Å². The predicted molar refractivity (Wildman–Crippen MR) is 103 cm³/mol. The highest BCUT2D eigenvalue weighted by Gasteiger charge is 2.40. The molecule has 1 aliphatic heterocycles. The Kier molecular flexibility index (Phi) is 6.78. The summed E-state index contributed by atoms with van der Waals surface area (Å²) in [5.41, 5.74) is 0.963. The van der Waals surface area contributed by atoms with Gasteiger partial charge in [-0.3, -0.25) is 14.8 Å². The molecular formula is C19H23N3O6S. The monoisotopic (exact) mass is 421 g/mol. The zero-order valence-electron chi connectivity index (χ0n) is 16.0. The van der Waals surface area contributed by atoms with Crippen LogP contribution in [0.5, 0.6) is 5.75 Å². The Labute approximate surface area is 169 Å². The molecule has 2 aromatic rings. The first-order valence-electron chi connectivity index (χ1n) is 9.27. The lowest BCUT2D eigenvalue weighted by molar-refractivity contribution is -0.141. The first kappa shape index (κ1) is 21.2. The van der Waals surface area contributed by atoms with Gasteiger partial charge in [-0.15, -0.1) is 0 Å². The van der Waals surface area contributed by atoms with Crippen LogP contribution < -0.4 is 4.74 Å². The average Bonchev–Trinajstić information content (AvgIpc) is 2.73. The SMILES string of the molecule is CCOCCCOc1ccc(S(=O)(=O)N2Cc3nccnc3CC2C(=O)O)cc1. The molecule has 0 fully saturated rings. The third kappa shape index (κ3) is 4.89. The van der Waals surface area contributed by atoms with Gasteiger partial charge in [0.15, 0.2) is 0 Å². The van der Waals surface area contributed by atoms with Gasteiger partial charge in [-0.1, -0.05) is 0 Å². The van der Waals surface area contributed by atoms with Crippen molar-refractivity contribution in [3.8, 4) is 5.75 Å². The first-order chi connectivity index (χ1) is 13.9. The van der Waals surface area contributed by atoms with Crippen LogP contribution in [0.1, 0.15) is 24.7 Å². The number of nitrogens with zero attached hydrogens (tertiary/aromatic N) is 3. The van der Waals surface area contributed by atoms with Crippen molar-refractivity contribution in [1.82, 2.24) is 14.3 Å². The lowest BCUT2D eigenvalue weighted by atomic mass is 10.1. The van der Waals surface area contributed by atoms with E-state index >= 15 is 0 Å². The van der Waals surface area contributed by atoms with Gasteiger partial charge in [0.2, 0.25) is 10.0 Å². The maximum atomic E-state index is 13.1. The van der Waals surface area contributed by atoms with Crippen LogP contribution in [0.3, 0.4) is 0 Å². The van der Waals surface area contributed by atoms with Crippen LogP contribution in [-0.2, 0) is 32.5 Å². The van der Waals surface area contributed by atoms with E-state index in [9.17, 15) is 18.3 Å². The number of hydrogen-bond acceptors (Lipinski definition) is 7. The molecular weight excluding hydrogens is 398 g/mol. The fraction of sp³-hybridized carbons (Fsp3) is 0.421. The Morgan fingerprint density at radius 2 is 1.86 bits per heavy atom. The quantitative estimate of drug-likeness (QED) is 0.605. The van der Waals surface area contributed by atoms with Crippen LogP contribution in [0.15, 0.2) is 41.6 Å². The zero-order valence-corrected chi connectivity index (χ0v) is 16.8. The van der Waals surface area contributed by atoms with Crippen molar-refractivity contribution in [2.75, 3.05) is 19.8 Å². The fourth-order valence-electron chi connectivity index (χ4n) is 3.04. The van der Waals surface area contributed by atoms with Gasteiger partial charge < -0.3 is 14.6 Å². The second-order valence-corrected chi connectivity index (χ2v) is 8.32. The number of carboxylic acid groups (broad SMARTS) is 1. The van der Waals surface area contributed by atoms with E-state index in [1.54, 1.807) is 12.1 Å². The summed E-state index contributed by atoms with van der Waals surface area (Å²) in [7, 11) is -4.04. The molecule has 0 amide bonds. The predicted octanol–water partition coefficient (Wildman–Crippen LogP) is 1.48. The van der Waals surface area contributed by atoms with Gasteiger partial charge in [-0.2, -0.15) is 4.31 Å². The fourth-order valence-corrected chi connectivity index (χ4v) is 4.59. The van der Waals surface area contributed by atoms with Crippen molar-refractivity contribution >= 4 is 16.0 Å². The number of aromatic nitrogens is 2. The van der Waals surface area contributed by atoms with Gasteiger partial charge in [0.1, 0.15) is 11.8 Å². The summed E-state index contributed by atoms with van der Waals surface area (Å²) in [5.74, 6) is -0.691. The van der Waals surface area contributed by atoms with Crippen molar-refractivity contribution in [3.05, 3.63) is 48.0 Å². The number of benzene rings is 1. The molecule has 0 radical (unpaired) electrons. The van der Waals surface area contributed by atoms with E-state index in [0.717, 1.165) is 10.7 Å². The van der Waals surface area contributed by atoms with Crippen LogP contribution in [0.2, 0.25) is 0 Å². The smallest absolute Gasteiger partial charge is 0.322 e. The molecule has 0 saturated heterocycles. The van der Waals surface area contributed by atoms with E-state index in [0.29, 0.717) is 37.0 Å². The largest absolute Gasteiger partial charge is 0.494 e. The molecule has 1 aliphatic rings. The average molecular weight is 421 g/mol. The zero-order chi connectivity index (χ0) is 20.9. The van der Waals surface area contributed by atoms with Gasteiger partial charge in [-0.05, 0) is 31.2 Å². The number of ether oxygens (including phenoxy) is 2. The molecule has 2 heterocycles. The molecule has 1 unspecified atom stereocenters. The maximum Gasteiger partial charge on any atom is 0.322 e. The Morgan fingerprint density at radius 3 is 2.52 bits per heavy atom. The Bertz CT molecular complexity index is 949. The van der Waals surface area contributed by atoms with Crippen LogP contribution in [0.25, 0.3) is 0 Å². The molecule has 10 heteroatoms. The second kappa shape index (κ2) is 9.29. The Morgan fingerprint density at radius 1 is 1.17 bits per heavy atom. The van der Waals surface area contributed by atoms with Crippen molar-refractivity contribution in [3.63, 3.8) is 0 Å². The minimum Gasteiger partial charge on any atom is -0.494 e. The summed E-state index contributed by atoms with van der Waals surface area (Å²) in [6, 6.07) is 4.71. The summed E-state index contributed by atoms with van der Waals surface area (Å²) in [4.78, 5) is 20.0. The number of carboxylic acids is 1. The summed E-state index contributed by atoms with van der Waals surface area (Å²) in [5, 5.41) is 9.56. The molecule has 0 aliphatic carbocycles. The van der Waals surface area contributed by atoms with Crippen LogP contribution in [0, 0.1) is 0 Å². The number of rotatable bonds is 9. The molecule has 1 atom stereocenters. The van der Waals surface area contributed by atoms with Crippen molar-refractivity contribution < 1.29 is 27.8 Å². The Hall–Kier alpha value is -2.56. The molecule has 1 N–H and O–H groups in total. The third-order valence-corrected chi connectivity index (χ3v) is 6.39. The lowest BCUT2D eigenvalue weighted by Gasteiger charge is -2.32. The molecule has 3 rings (SSSR count). The van der Waals surface area contributed by atoms with Gasteiger partial charge in [-0.25, -0.2) is 8.42 Å². The second-order valence-electron chi connectivity index (χ2n) is 6.43. The minimum atomic E-state index is -4.04. The number of aliphatic carboxylic acids is 1. The van der Waals surface area contributed by atoms with E-state index in [2.05, 4.69) is 9.97 Å².